The molecule has 1 aliphatic heterocycles. The van der Waals surface area contributed by atoms with Crippen LogP contribution in [0, 0.1) is 5.41 Å². The third kappa shape index (κ3) is 4.94. The Bertz CT molecular complexity index is 202. The molecule has 2 unspecified atom stereocenters. The Hall–Kier alpha value is -0.120. The molecule has 0 aromatic rings. The van der Waals surface area contributed by atoms with Gasteiger partial charge >= 0.3 is 0 Å². The quantitative estimate of drug-likeness (QED) is 0.740. The molecule has 1 fully saturated rings. The van der Waals surface area contributed by atoms with Crippen molar-refractivity contribution in [2.45, 2.75) is 45.6 Å². The summed E-state index contributed by atoms with van der Waals surface area (Å²) < 4.78 is 5.50. The van der Waals surface area contributed by atoms with Crippen LogP contribution in [0.25, 0.3) is 0 Å². The van der Waals surface area contributed by atoms with E-state index in [1.54, 1.807) is 0 Å². The second-order valence-corrected chi connectivity index (χ2v) is 5.83. The zero-order valence-corrected chi connectivity index (χ0v) is 12.1. The molecule has 102 valence electrons. The maximum atomic E-state index is 5.50. The van der Waals surface area contributed by atoms with E-state index in [0.29, 0.717) is 11.5 Å². The molecule has 0 amide bonds. The molecule has 1 saturated heterocycles. The summed E-state index contributed by atoms with van der Waals surface area (Å²) in [7, 11) is 3.90. The average molecular weight is 242 g/mol. The number of nitrogens with one attached hydrogen (secondary N) is 1. The van der Waals surface area contributed by atoms with Gasteiger partial charge in [-0.05, 0) is 38.3 Å². The van der Waals surface area contributed by atoms with Crippen LogP contribution < -0.4 is 5.32 Å². The van der Waals surface area contributed by atoms with Crippen LogP contribution in [-0.4, -0.2) is 51.3 Å². The number of hydrogen-bond donors (Lipinski definition) is 1. The summed E-state index contributed by atoms with van der Waals surface area (Å²) >= 11 is 0. The van der Waals surface area contributed by atoms with Gasteiger partial charge in [-0.15, -0.1) is 0 Å². The van der Waals surface area contributed by atoms with Gasteiger partial charge in [-0.2, -0.15) is 0 Å². The molecule has 0 aromatic heterocycles. The Balaban J connectivity index is 2.48. The number of rotatable bonds is 7. The molecule has 1 aliphatic rings. The van der Waals surface area contributed by atoms with Gasteiger partial charge in [0.1, 0.15) is 0 Å². The highest BCUT2D eigenvalue weighted by Gasteiger charge is 2.28. The lowest BCUT2D eigenvalue weighted by Crippen LogP contribution is -2.47. The first-order chi connectivity index (χ1) is 8.13. The second-order valence-electron chi connectivity index (χ2n) is 5.83. The van der Waals surface area contributed by atoms with Crippen molar-refractivity contribution < 1.29 is 4.74 Å². The molecule has 3 heteroatoms. The molecule has 0 spiro atoms. The molecular weight excluding hydrogens is 212 g/mol. The van der Waals surface area contributed by atoms with Crippen LogP contribution in [-0.2, 0) is 4.74 Å². The first-order valence-corrected chi connectivity index (χ1v) is 7.03. The molecule has 3 nitrogen and oxygen atoms in total. The Kier molecular flexibility index (Phi) is 6.45. The summed E-state index contributed by atoms with van der Waals surface area (Å²) in [6, 6.07) is 0. The van der Waals surface area contributed by atoms with Crippen molar-refractivity contribution in [3.8, 4) is 0 Å². The zero-order valence-electron chi connectivity index (χ0n) is 12.1. The molecule has 1 heterocycles. The van der Waals surface area contributed by atoms with Crippen LogP contribution in [0.5, 0.6) is 0 Å². The van der Waals surface area contributed by atoms with Gasteiger partial charge in [0.15, 0.2) is 0 Å². The predicted molar refractivity (Wildman–Crippen MR) is 73.4 cm³/mol. The number of likely N-dealkylation sites (tertiary alicyclic amines) is 1. The summed E-state index contributed by atoms with van der Waals surface area (Å²) in [6.07, 6.45) is 5.51. The summed E-state index contributed by atoms with van der Waals surface area (Å²) in [4.78, 5) is 2.59. The molecule has 0 bridgehead atoms. The van der Waals surface area contributed by atoms with Gasteiger partial charge in [0.05, 0.1) is 6.10 Å². The Morgan fingerprint density at radius 1 is 1.47 bits per heavy atom. The van der Waals surface area contributed by atoms with Crippen LogP contribution in [0.3, 0.4) is 0 Å². The summed E-state index contributed by atoms with van der Waals surface area (Å²) in [6.45, 7) is 9.34. The van der Waals surface area contributed by atoms with Crippen molar-refractivity contribution in [3.63, 3.8) is 0 Å². The molecule has 1 N–H and O–H groups in total. The number of nitrogens with zero attached hydrogens (tertiary/aromatic N) is 1. The van der Waals surface area contributed by atoms with Crippen molar-refractivity contribution in [2.75, 3.05) is 40.3 Å². The number of methoxy groups -OCH3 is 1. The van der Waals surface area contributed by atoms with E-state index in [0.717, 1.165) is 13.1 Å². The minimum atomic E-state index is 0.402. The first-order valence-electron chi connectivity index (χ1n) is 7.03. The molecule has 0 radical (unpaired) electrons. The van der Waals surface area contributed by atoms with Crippen LogP contribution in [0.4, 0.5) is 0 Å². The van der Waals surface area contributed by atoms with E-state index in [-0.39, 0.29) is 0 Å². The van der Waals surface area contributed by atoms with Gasteiger partial charge in [-0.25, -0.2) is 0 Å². The van der Waals surface area contributed by atoms with Crippen LogP contribution in [0.15, 0.2) is 0 Å². The maximum Gasteiger partial charge on any atom is 0.0698 e. The van der Waals surface area contributed by atoms with Crippen molar-refractivity contribution >= 4 is 0 Å². The van der Waals surface area contributed by atoms with Crippen molar-refractivity contribution in [1.29, 1.82) is 0 Å². The van der Waals surface area contributed by atoms with Gasteiger partial charge in [-0.1, -0.05) is 20.3 Å². The largest absolute Gasteiger partial charge is 0.380 e. The highest BCUT2D eigenvalue weighted by Crippen LogP contribution is 2.25. The van der Waals surface area contributed by atoms with Crippen LogP contribution in [0.1, 0.15) is 39.5 Å². The highest BCUT2D eigenvalue weighted by atomic mass is 16.5. The van der Waals surface area contributed by atoms with E-state index in [2.05, 4.69) is 31.1 Å². The van der Waals surface area contributed by atoms with Gasteiger partial charge in [0.2, 0.25) is 0 Å². The smallest absolute Gasteiger partial charge is 0.0698 e. The number of ether oxygens (including phenoxy) is 1. The first kappa shape index (κ1) is 14.9. The molecular formula is C14H30N2O. The van der Waals surface area contributed by atoms with Gasteiger partial charge in [0.25, 0.3) is 0 Å². The van der Waals surface area contributed by atoms with E-state index in [9.17, 15) is 0 Å². The number of hydrogen-bond acceptors (Lipinski definition) is 3. The molecule has 17 heavy (non-hydrogen) atoms. The van der Waals surface area contributed by atoms with Crippen molar-refractivity contribution in [2.24, 2.45) is 5.41 Å². The SMILES string of the molecule is CCCC(C)(CNC)CN1CCCC(OC)C1. The van der Waals surface area contributed by atoms with Crippen molar-refractivity contribution in [1.82, 2.24) is 10.2 Å². The van der Waals surface area contributed by atoms with Crippen LogP contribution >= 0.6 is 0 Å². The Morgan fingerprint density at radius 2 is 2.24 bits per heavy atom. The maximum absolute atomic E-state index is 5.50. The fourth-order valence-corrected chi connectivity index (χ4v) is 3.14. The van der Waals surface area contributed by atoms with Gasteiger partial charge in [0, 0.05) is 26.7 Å². The van der Waals surface area contributed by atoms with Crippen molar-refractivity contribution in [3.05, 3.63) is 0 Å². The zero-order chi connectivity index (χ0) is 12.7. The normalized spacial score (nSPS) is 25.8. The van der Waals surface area contributed by atoms with E-state index in [1.807, 2.05) is 7.11 Å². The highest BCUT2D eigenvalue weighted by molar-refractivity contribution is 4.83. The third-order valence-electron chi connectivity index (χ3n) is 3.86. The standard InChI is InChI=1S/C14H30N2O/c1-5-8-14(2,11-15-3)12-16-9-6-7-13(10-16)17-4/h13,15H,5-12H2,1-4H3. The summed E-state index contributed by atoms with van der Waals surface area (Å²) in [5.74, 6) is 0. The monoisotopic (exact) mass is 242 g/mol. The van der Waals surface area contributed by atoms with E-state index in [4.69, 9.17) is 4.74 Å². The fourth-order valence-electron chi connectivity index (χ4n) is 3.14. The lowest BCUT2D eigenvalue weighted by molar-refractivity contribution is 0.0151. The van der Waals surface area contributed by atoms with E-state index in [1.165, 1.54) is 38.8 Å². The fraction of sp³-hybridized carbons (Fsp3) is 1.00. The third-order valence-corrected chi connectivity index (χ3v) is 3.86. The minimum absolute atomic E-state index is 0.402. The predicted octanol–water partition coefficient (Wildman–Crippen LogP) is 2.12. The lowest BCUT2D eigenvalue weighted by Gasteiger charge is -2.39. The Labute approximate surface area is 107 Å². The average Bonchev–Trinajstić information content (AvgIpc) is 2.29. The molecule has 0 aromatic carbocycles. The molecule has 2 atom stereocenters. The van der Waals surface area contributed by atoms with Gasteiger partial charge in [-0.3, -0.25) is 0 Å². The van der Waals surface area contributed by atoms with Crippen LogP contribution in [0.2, 0.25) is 0 Å². The number of piperidine rings is 1. The minimum Gasteiger partial charge on any atom is -0.380 e. The summed E-state index contributed by atoms with van der Waals surface area (Å²) in [5.41, 5.74) is 0.402. The van der Waals surface area contributed by atoms with Gasteiger partial charge < -0.3 is 15.0 Å². The van der Waals surface area contributed by atoms with E-state index >= 15 is 0 Å². The molecule has 0 aliphatic carbocycles. The lowest BCUT2D eigenvalue weighted by atomic mass is 9.84. The molecule has 0 saturated carbocycles. The molecule has 1 rings (SSSR count). The van der Waals surface area contributed by atoms with E-state index < -0.39 is 0 Å². The second kappa shape index (κ2) is 7.34. The Morgan fingerprint density at radius 3 is 2.82 bits per heavy atom. The topological polar surface area (TPSA) is 24.5 Å². The summed E-state index contributed by atoms with van der Waals surface area (Å²) in [5, 5.41) is 3.35.